The molecule has 6 rings (SSSR count). The Balaban J connectivity index is 1.23. The second-order valence-electron chi connectivity index (χ2n) is 8.91. The first-order valence-electron chi connectivity index (χ1n) is 12.6. The summed E-state index contributed by atoms with van der Waals surface area (Å²) in [5.41, 5.74) is 6.85. The van der Waals surface area contributed by atoms with Gasteiger partial charge in [-0.15, -0.1) is 10.2 Å². The molecular formula is C29H26N8O. The van der Waals surface area contributed by atoms with E-state index in [-0.39, 0.29) is 0 Å². The number of rotatable bonds is 7. The number of nitrogens with one attached hydrogen (secondary N) is 2. The lowest BCUT2D eigenvalue weighted by molar-refractivity contribution is 0.446. The summed E-state index contributed by atoms with van der Waals surface area (Å²) in [6.45, 7) is 0. The molecule has 0 saturated carbocycles. The lowest BCUT2D eigenvalue weighted by Gasteiger charge is -2.21. The molecule has 0 bridgehead atoms. The SMILES string of the molecule is CNc1nccc(-c2cccnc2Oc2ccc(Nc3nnc(-c4ccccc4)c4c3CCCC4)cn2)n1. The Morgan fingerprint density at radius 3 is 2.47 bits per heavy atom. The fourth-order valence-electron chi connectivity index (χ4n) is 4.62. The molecule has 4 aromatic heterocycles. The summed E-state index contributed by atoms with van der Waals surface area (Å²) < 4.78 is 6.04. The van der Waals surface area contributed by atoms with Crippen molar-refractivity contribution in [3.8, 4) is 34.3 Å². The average molecular weight is 503 g/mol. The summed E-state index contributed by atoms with van der Waals surface area (Å²) in [5.74, 6) is 2.14. The van der Waals surface area contributed by atoms with Crippen molar-refractivity contribution in [2.45, 2.75) is 25.7 Å². The molecule has 4 heterocycles. The van der Waals surface area contributed by atoms with Crippen LogP contribution in [0.25, 0.3) is 22.5 Å². The summed E-state index contributed by atoms with van der Waals surface area (Å²) in [7, 11) is 1.78. The van der Waals surface area contributed by atoms with E-state index in [0.29, 0.717) is 23.4 Å². The minimum atomic E-state index is 0.415. The molecule has 38 heavy (non-hydrogen) atoms. The molecular weight excluding hydrogens is 476 g/mol. The second-order valence-corrected chi connectivity index (χ2v) is 8.91. The lowest BCUT2D eigenvalue weighted by Crippen LogP contribution is -2.12. The Morgan fingerprint density at radius 2 is 1.66 bits per heavy atom. The van der Waals surface area contributed by atoms with Gasteiger partial charge in [0.15, 0.2) is 5.82 Å². The maximum Gasteiger partial charge on any atom is 0.230 e. The summed E-state index contributed by atoms with van der Waals surface area (Å²) in [6, 6.07) is 19.5. The van der Waals surface area contributed by atoms with Gasteiger partial charge in [0.1, 0.15) is 0 Å². The van der Waals surface area contributed by atoms with Crippen LogP contribution in [0, 0.1) is 0 Å². The molecule has 0 atom stereocenters. The third kappa shape index (κ3) is 4.86. The van der Waals surface area contributed by atoms with Crippen molar-refractivity contribution in [2.24, 2.45) is 0 Å². The Labute approximate surface area is 220 Å². The third-order valence-corrected chi connectivity index (χ3v) is 6.46. The zero-order valence-corrected chi connectivity index (χ0v) is 20.9. The van der Waals surface area contributed by atoms with E-state index in [4.69, 9.17) is 4.74 Å². The molecule has 0 unspecified atom stereocenters. The lowest BCUT2D eigenvalue weighted by atomic mass is 9.89. The fourth-order valence-corrected chi connectivity index (χ4v) is 4.62. The van der Waals surface area contributed by atoms with Gasteiger partial charge < -0.3 is 15.4 Å². The van der Waals surface area contributed by atoms with Crippen LogP contribution in [0.5, 0.6) is 11.8 Å². The van der Waals surface area contributed by atoms with Crippen molar-refractivity contribution in [2.75, 3.05) is 17.7 Å². The highest BCUT2D eigenvalue weighted by Gasteiger charge is 2.21. The first kappa shape index (κ1) is 23.5. The van der Waals surface area contributed by atoms with Gasteiger partial charge in [0.2, 0.25) is 17.7 Å². The molecule has 1 aliphatic rings. The maximum atomic E-state index is 6.04. The zero-order valence-electron chi connectivity index (χ0n) is 20.9. The van der Waals surface area contributed by atoms with Crippen LogP contribution in [0.4, 0.5) is 17.5 Å². The molecule has 2 N–H and O–H groups in total. The van der Waals surface area contributed by atoms with Crippen LogP contribution in [0.15, 0.2) is 79.3 Å². The van der Waals surface area contributed by atoms with Crippen LogP contribution in [0.3, 0.4) is 0 Å². The molecule has 0 radical (unpaired) electrons. The Hall–Kier alpha value is -4.92. The molecule has 188 valence electrons. The van der Waals surface area contributed by atoms with Crippen molar-refractivity contribution in [3.05, 3.63) is 90.4 Å². The van der Waals surface area contributed by atoms with Crippen molar-refractivity contribution >= 4 is 17.5 Å². The number of hydrogen-bond donors (Lipinski definition) is 2. The number of ether oxygens (including phenoxy) is 1. The van der Waals surface area contributed by atoms with Crippen LogP contribution in [-0.4, -0.2) is 37.2 Å². The van der Waals surface area contributed by atoms with Crippen LogP contribution >= 0.6 is 0 Å². The van der Waals surface area contributed by atoms with E-state index in [2.05, 4.69) is 52.9 Å². The molecule has 0 aliphatic heterocycles. The Kier molecular flexibility index (Phi) is 6.55. The van der Waals surface area contributed by atoms with Crippen LogP contribution in [0.1, 0.15) is 24.0 Å². The third-order valence-electron chi connectivity index (χ3n) is 6.46. The van der Waals surface area contributed by atoms with E-state index < -0.39 is 0 Å². The highest BCUT2D eigenvalue weighted by molar-refractivity contribution is 5.70. The number of fused-ring (bicyclic) bond motifs is 1. The highest BCUT2D eigenvalue weighted by atomic mass is 16.5. The van der Waals surface area contributed by atoms with E-state index in [1.807, 2.05) is 42.5 Å². The standard InChI is InChI=1S/C29H26N8O/c1-30-29-32-17-15-24(35-29)23-12-7-16-31-28(23)38-25-14-13-20(18-33-25)34-27-22-11-6-5-10-21(22)26(36-37-27)19-8-3-2-4-9-19/h2-4,7-9,12-18H,5-6,10-11H2,1H3,(H,34,37)(H,30,32,35). The van der Waals surface area contributed by atoms with Crippen molar-refractivity contribution in [1.29, 1.82) is 0 Å². The Bertz CT molecular complexity index is 1560. The van der Waals surface area contributed by atoms with Crippen LogP contribution < -0.4 is 15.4 Å². The monoisotopic (exact) mass is 502 g/mol. The number of nitrogens with zero attached hydrogens (tertiary/aromatic N) is 6. The van der Waals surface area contributed by atoms with Crippen LogP contribution in [0.2, 0.25) is 0 Å². The van der Waals surface area contributed by atoms with E-state index in [9.17, 15) is 0 Å². The molecule has 0 spiro atoms. The molecule has 5 aromatic rings. The number of benzene rings is 1. The maximum absolute atomic E-state index is 6.04. The minimum Gasteiger partial charge on any atom is -0.420 e. The molecule has 9 heteroatoms. The summed E-state index contributed by atoms with van der Waals surface area (Å²) in [6.07, 6.45) is 9.37. The van der Waals surface area contributed by atoms with Gasteiger partial charge in [0, 0.05) is 36.6 Å². The Morgan fingerprint density at radius 1 is 0.789 bits per heavy atom. The second kappa shape index (κ2) is 10.6. The highest BCUT2D eigenvalue weighted by Crippen LogP contribution is 2.34. The van der Waals surface area contributed by atoms with Crippen LogP contribution in [-0.2, 0) is 12.8 Å². The van der Waals surface area contributed by atoms with E-state index in [0.717, 1.165) is 54.0 Å². The van der Waals surface area contributed by atoms with Crippen molar-refractivity contribution in [3.63, 3.8) is 0 Å². The van der Waals surface area contributed by atoms with Gasteiger partial charge in [0.05, 0.1) is 28.8 Å². The topological polar surface area (TPSA) is 111 Å². The normalized spacial score (nSPS) is 12.4. The zero-order chi connectivity index (χ0) is 25.7. The van der Waals surface area contributed by atoms with Gasteiger partial charge >= 0.3 is 0 Å². The van der Waals surface area contributed by atoms with Gasteiger partial charge in [0.25, 0.3) is 0 Å². The molecule has 1 aromatic carbocycles. The molecule has 0 fully saturated rings. The van der Waals surface area contributed by atoms with Gasteiger partial charge in [-0.3, -0.25) is 0 Å². The summed E-state index contributed by atoms with van der Waals surface area (Å²) in [5, 5.41) is 15.5. The number of aromatic nitrogens is 6. The fraction of sp³-hybridized carbons (Fsp3) is 0.172. The summed E-state index contributed by atoms with van der Waals surface area (Å²) >= 11 is 0. The minimum absolute atomic E-state index is 0.415. The molecule has 1 aliphatic carbocycles. The average Bonchev–Trinajstić information content (AvgIpc) is 2.99. The predicted octanol–water partition coefficient (Wildman–Crippen LogP) is 5.85. The largest absolute Gasteiger partial charge is 0.420 e. The number of anilines is 3. The number of pyridine rings is 2. The molecule has 0 amide bonds. The van der Waals surface area contributed by atoms with Crippen molar-refractivity contribution in [1.82, 2.24) is 30.1 Å². The van der Waals surface area contributed by atoms with Gasteiger partial charge in [-0.05, 0) is 55.5 Å². The summed E-state index contributed by atoms with van der Waals surface area (Å²) in [4.78, 5) is 17.6. The van der Waals surface area contributed by atoms with E-state index in [1.165, 1.54) is 11.1 Å². The number of hydrogen-bond acceptors (Lipinski definition) is 9. The first-order valence-corrected chi connectivity index (χ1v) is 12.6. The van der Waals surface area contributed by atoms with E-state index in [1.54, 1.807) is 31.7 Å². The van der Waals surface area contributed by atoms with Gasteiger partial charge in [-0.2, -0.15) is 0 Å². The van der Waals surface area contributed by atoms with E-state index >= 15 is 0 Å². The molecule has 0 saturated heterocycles. The van der Waals surface area contributed by atoms with Gasteiger partial charge in [-0.25, -0.2) is 19.9 Å². The predicted molar refractivity (Wildman–Crippen MR) is 147 cm³/mol. The smallest absolute Gasteiger partial charge is 0.230 e. The quantitative estimate of drug-likeness (QED) is 0.283. The van der Waals surface area contributed by atoms with Gasteiger partial charge in [-0.1, -0.05) is 30.3 Å². The van der Waals surface area contributed by atoms with Crippen molar-refractivity contribution < 1.29 is 4.74 Å². The first-order chi connectivity index (χ1) is 18.8. The molecule has 9 nitrogen and oxygen atoms in total.